The Morgan fingerprint density at radius 3 is 2.86 bits per heavy atom. The van der Waals surface area contributed by atoms with Gasteiger partial charge in [-0.05, 0) is 38.3 Å². The Bertz CT molecular complexity index is 1000. The SMILES string of the molecule is COc1cccc(NC(=O)c2cn(-c3cc(N4CCCC[C@H]4C)ncn3)cn2)c1. The third-order valence-corrected chi connectivity index (χ3v) is 5.14. The van der Waals surface area contributed by atoms with Gasteiger partial charge in [0, 0.05) is 36.6 Å². The maximum atomic E-state index is 12.5. The zero-order valence-corrected chi connectivity index (χ0v) is 16.6. The zero-order chi connectivity index (χ0) is 20.2. The number of amides is 1. The molecule has 1 aliphatic rings. The lowest BCUT2D eigenvalue weighted by Gasteiger charge is -2.34. The van der Waals surface area contributed by atoms with Gasteiger partial charge < -0.3 is 15.0 Å². The molecule has 0 spiro atoms. The lowest BCUT2D eigenvalue weighted by molar-refractivity contribution is 0.102. The molecule has 1 saturated heterocycles. The van der Waals surface area contributed by atoms with E-state index in [9.17, 15) is 4.79 Å². The van der Waals surface area contributed by atoms with Crippen molar-refractivity contribution in [3.63, 3.8) is 0 Å². The van der Waals surface area contributed by atoms with Gasteiger partial charge in [0.05, 0.1) is 7.11 Å². The van der Waals surface area contributed by atoms with Gasteiger partial charge in [0.25, 0.3) is 5.91 Å². The molecule has 4 rings (SSSR count). The highest BCUT2D eigenvalue weighted by Crippen LogP contribution is 2.24. The number of piperidine rings is 1. The number of ether oxygens (including phenoxy) is 1. The van der Waals surface area contributed by atoms with Gasteiger partial charge in [-0.2, -0.15) is 0 Å². The summed E-state index contributed by atoms with van der Waals surface area (Å²) < 4.78 is 6.92. The topological polar surface area (TPSA) is 85.2 Å². The third kappa shape index (κ3) is 4.21. The molecule has 1 N–H and O–H groups in total. The average Bonchev–Trinajstić information content (AvgIpc) is 3.25. The highest BCUT2D eigenvalue weighted by molar-refractivity contribution is 6.02. The Balaban J connectivity index is 1.51. The van der Waals surface area contributed by atoms with E-state index in [4.69, 9.17) is 4.74 Å². The third-order valence-electron chi connectivity index (χ3n) is 5.14. The number of nitrogens with one attached hydrogen (secondary N) is 1. The van der Waals surface area contributed by atoms with E-state index in [0.717, 1.165) is 12.4 Å². The van der Waals surface area contributed by atoms with Crippen LogP contribution in [0.4, 0.5) is 11.5 Å². The second-order valence-electron chi connectivity index (χ2n) is 7.12. The summed E-state index contributed by atoms with van der Waals surface area (Å²) in [6.45, 7) is 3.22. The molecule has 0 aliphatic carbocycles. The number of benzene rings is 1. The predicted octanol–water partition coefficient (Wildman–Crippen LogP) is 3.30. The Kier molecular flexibility index (Phi) is 5.41. The highest BCUT2D eigenvalue weighted by Gasteiger charge is 2.20. The van der Waals surface area contributed by atoms with E-state index in [1.54, 1.807) is 42.7 Å². The maximum absolute atomic E-state index is 12.5. The number of imidazole rings is 1. The Morgan fingerprint density at radius 1 is 1.17 bits per heavy atom. The molecular formula is C21H24N6O2. The van der Waals surface area contributed by atoms with Crippen molar-refractivity contribution in [1.29, 1.82) is 0 Å². The van der Waals surface area contributed by atoms with Crippen LogP contribution in [0.5, 0.6) is 5.75 Å². The van der Waals surface area contributed by atoms with Gasteiger partial charge >= 0.3 is 0 Å². The summed E-state index contributed by atoms with van der Waals surface area (Å²) in [4.78, 5) is 27.9. The molecular weight excluding hydrogens is 368 g/mol. The van der Waals surface area contributed by atoms with Crippen molar-refractivity contribution < 1.29 is 9.53 Å². The monoisotopic (exact) mass is 392 g/mol. The molecule has 0 radical (unpaired) electrons. The molecule has 1 aromatic carbocycles. The van der Waals surface area contributed by atoms with Crippen LogP contribution in [-0.2, 0) is 0 Å². The van der Waals surface area contributed by atoms with Crippen molar-refractivity contribution in [2.24, 2.45) is 0 Å². The van der Waals surface area contributed by atoms with Gasteiger partial charge in [0.2, 0.25) is 0 Å². The van der Waals surface area contributed by atoms with E-state index in [2.05, 4.69) is 32.1 Å². The van der Waals surface area contributed by atoms with Crippen LogP contribution in [0.15, 0.2) is 49.2 Å². The standard InChI is InChI=1S/C21H24N6O2/c1-15-6-3-4-9-27(15)20-11-19(22-13-23-20)26-12-18(24-14-26)21(28)25-16-7-5-8-17(10-16)29-2/h5,7-8,10-15H,3-4,6,9H2,1-2H3,(H,25,28)/t15-/m1/s1. The number of nitrogens with zero attached hydrogens (tertiary/aromatic N) is 5. The molecule has 0 bridgehead atoms. The van der Waals surface area contributed by atoms with Crippen molar-refractivity contribution in [1.82, 2.24) is 19.5 Å². The molecule has 3 aromatic rings. The number of hydrogen-bond donors (Lipinski definition) is 1. The molecule has 1 atom stereocenters. The summed E-state index contributed by atoms with van der Waals surface area (Å²) in [6.07, 6.45) is 8.40. The number of anilines is 2. The van der Waals surface area contributed by atoms with Crippen LogP contribution in [0.3, 0.4) is 0 Å². The molecule has 8 heteroatoms. The van der Waals surface area contributed by atoms with Crippen molar-refractivity contribution >= 4 is 17.4 Å². The fraction of sp³-hybridized carbons (Fsp3) is 0.333. The van der Waals surface area contributed by atoms with Gasteiger partial charge in [0.15, 0.2) is 0 Å². The van der Waals surface area contributed by atoms with Crippen molar-refractivity contribution in [3.05, 3.63) is 54.9 Å². The number of aromatic nitrogens is 4. The zero-order valence-electron chi connectivity index (χ0n) is 16.6. The summed E-state index contributed by atoms with van der Waals surface area (Å²) in [5.74, 6) is 1.96. The molecule has 1 fully saturated rings. The van der Waals surface area contributed by atoms with Crippen LogP contribution in [0, 0.1) is 0 Å². The van der Waals surface area contributed by atoms with Crippen LogP contribution >= 0.6 is 0 Å². The maximum Gasteiger partial charge on any atom is 0.275 e. The van der Waals surface area contributed by atoms with Gasteiger partial charge in [-0.3, -0.25) is 9.36 Å². The van der Waals surface area contributed by atoms with E-state index in [-0.39, 0.29) is 5.91 Å². The van der Waals surface area contributed by atoms with E-state index in [1.807, 2.05) is 18.2 Å². The van der Waals surface area contributed by atoms with Crippen LogP contribution in [0.2, 0.25) is 0 Å². The Labute approximate surface area is 169 Å². The second kappa shape index (κ2) is 8.30. The first kappa shape index (κ1) is 18.9. The fourth-order valence-electron chi connectivity index (χ4n) is 3.54. The first-order valence-electron chi connectivity index (χ1n) is 9.72. The van der Waals surface area contributed by atoms with E-state index in [1.165, 1.54) is 19.3 Å². The molecule has 0 saturated carbocycles. The normalized spacial score (nSPS) is 16.5. The molecule has 150 valence electrons. The minimum Gasteiger partial charge on any atom is -0.497 e. The molecule has 1 amide bonds. The van der Waals surface area contributed by atoms with E-state index < -0.39 is 0 Å². The summed E-state index contributed by atoms with van der Waals surface area (Å²) in [6, 6.07) is 9.59. The van der Waals surface area contributed by atoms with E-state index in [0.29, 0.717) is 29.0 Å². The van der Waals surface area contributed by atoms with Crippen LogP contribution in [0.25, 0.3) is 5.82 Å². The quantitative estimate of drug-likeness (QED) is 0.717. The number of methoxy groups -OCH3 is 1. The van der Waals surface area contributed by atoms with Crippen molar-refractivity contribution in [2.45, 2.75) is 32.2 Å². The number of carbonyl (C=O) groups is 1. The van der Waals surface area contributed by atoms with Crippen LogP contribution in [-0.4, -0.2) is 45.1 Å². The van der Waals surface area contributed by atoms with Gasteiger partial charge in [-0.25, -0.2) is 15.0 Å². The van der Waals surface area contributed by atoms with Gasteiger partial charge in [-0.15, -0.1) is 0 Å². The largest absolute Gasteiger partial charge is 0.497 e. The van der Waals surface area contributed by atoms with Crippen molar-refractivity contribution in [3.8, 4) is 11.6 Å². The summed E-state index contributed by atoms with van der Waals surface area (Å²) in [7, 11) is 1.59. The minimum atomic E-state index is -0.295. The molecule has 2 aromatic heterocycles. The second-order valence-corrected chi connectivity index (χ2v) is 7.12. The Hall–Kier alpha value is -3.42. The number of carbonyl (C=O) groups excluding carboxylic acids is 1. The van der Waals surface area contributed by atoms with Crippen LogP contribution < -0.4 is 15.0 Å². The highest BCUT2D eigenvalue weighted by atomic mass is 16.5. The molecule has 0 unspecified atom stereocenters. The summed E-state index contributed by atoms with van der Waals surface area (Å²) >= 11 is 0. The molecule has 1 aliphatic heterocycles. The first-order valence-corrected chi connectivity index (χ1v) is 9.72. The number of rotatable bonds is 5. The minimum absolute atomic E-state index is 0.295. The number of hydrogen-bond acceptors (Lipinski definition) is 6. The van der Waals surface area contributed by atoms with Crippen molar-refractivity contribution in [2.75, 3.05) is 23.9 Å². The van der Waals surface area contributed by atoms with Gasteiger partial charge in [-0.1, -0.05) is 6.07 Å². The summed E-state index contributed by atoms with van der Waals surface area (Å²) in [5, 5.41) is 2.83. The fourth-order valence-corrected chi connectivity index (χ4v) is 3.54. The lowest BCUT2D eigenvalue weighted by atomic mass is 10.0. The first-order chi connectivity index (χ1) is 14.1. The van der Waals surface area contributed by atoms with Gasteiger partial charge in [0.1, 0.15) is 35.7 Å². The smallest absolute Gasteiger partial charge is 0.275 e. The lowest BCUT2D eigenvalue weighted by Crippen LogP contribution is -2.38. The average molecular weight is 392 g/mol. The Morgan fingerprint density at radius 2 is 2.03 bits per heavy atom. The van der Waals surface area contributed by atoms with Crippen LogP contribution in [0.1, 0.15) is 36.7 Å². The van der Waals surface area contributed by atoms with E-state index >= 15 is 0 Å². The molecule has 8 nitrogen and oxygen atoms in total. The predicted molar refractivity (Wildman–Crippen MR) is 111 cm³/mol. The molecule has 3 heterocycles. The summed E-state index contributed by atoms with van der Waals surface area (Å²) in [5.41, 5.74) is 0.951. The molecule has 29 heavy (non-hydrogen) atoms.